The lowest BCUT2D eigenvalue weighted by Gasteiger charge is -2.55. The van der Waals surface area contributed by atoms with Gasteiger partial charge in [-0.25, -0.2) is 4.79 Å². The third kappa shape index (κ3) is 2.91. The molecule has 0 aromatic heterocycles. The molecule has 0 radical (unpaired) electrons. The van der Waals surface area contributed by atoms with Gasteiger partial charge in [0, 0.05) is 25.4 Å². The van der Waals surface area contributed by atoms with E-state index in [0.29, 0.717) is 11.3 Å². The van der Waals surface area contributed by atoms with Crippen LogP contribution in [0.5, 0.6) is 0 Å². The predicted octanol–water partition coefficient (Wildman–Crippen LogP) is 0.403. The van der Waals surface area contributed by atoms with Gasteiger partial charge in [0.1, 0.15) is 17.7 Å². The minimum atomic E-state index is -1.26. The lowest BCUT2D eigenvalue weighted by atomic mass is 10.0. The van der Waals surface area contributed by atoms with Crippen molar-refractivity contribution in [1.82, 2.24) is 4.90 Å². The third-order valence-electron chi connectivity index (χ3n) is 3.37. The van der Waals surface area contributed by atoms with Crippen LogP contribution in [0.4, 0.5) is 0 Å². The van der Waals surface area contributed by atoms with Crippen LogP contribution < -0.4 is 0 Å². The summed E-state index contributed by atoms with van der Waals surface area (Å²) in [6, 6.07) is 1.93. The molecule has 23 heavy (non-hydrogen) atoms. The van der Waals surface area contributed by atoms with Crippen molar-refractivity contribution in [3.8, 4) is 6.07 Å². The quantitative estimate of drug-likeness (QED) is 0.409. The zero-order chi connectivity index (χ0) is 17.2. The number of carbonyl (C=O) groups excluding carboxylic acids is 2. The van der Waals surface area contributed by atoms with Gasteiger partial charge in [0.15, 0.2) is 0 Å². The summed E-state index contributed by atoms with van der Waals surface area (Å²) in [6.45, 7) is 1.05. The van der Waals surface area contributed by atoms with Crippen LogP contribution in [0.15, 0.2) is 11.3 Å². The number of ether oxygens (including phenoxy) is 2. The van der Waals surface area contributed by atoms with Crippen molar-refractivity contribution in [3.05, 3.63) is 11.3 Å². The molecule has 0 aromatic rings. The topological polar surface area (TPSA) is 117 Å². The first kappa shape index (κ1) is 17.7. The molecule has 2 aliphatic heterocycles. The van der Waals surface area contributed by atoms with Crippen LogP contribution in [-0.2, 0) is 23.9 Å². The largest absolute Gasteiger partial charge is 0.477 e. The van der Waals surface area contributed by atoms with E-state index in [1.54, 1.807) is 0 Å². The molecular weight excluding hydrogens is 344 g/mol. The van der Waals surface area contributed by atoms with E-state index in [-0.39, 0.29) is 18.1 Å². The summed E-state index contributed by atoms with van der Waals surface area (Å²) >= 11 is 2.36. The maximum Gasteiger partial charge on any atom is 0.352 e. The number of methoxy groups -OCH3 is 1. The molecule has 10 heteroatoms. The molecule has 124 valence electrons. The van der Waals surface area contributed by atoms with E-state index in [2.05, 4.69) is 0 Å². The molecule has 1 amide bonds. The average molecular weight is 358 g/mol. The molecular formula is C13H14N2O6S2. The normalized spacial score (nSPS) is 26.2. The number of carbonyl (C=O) groups is 3. The van der Waals surface area contributed by atoms with Gasteiger partial charge in [0.25, 0.3) is 5.91 Å². The maximum atomic E-state index is 12.5. The average Bonchev–Trinajstić information content (AvgIpc) is 2.52. The SMILES string of the molecule is CO[C@@]1(SCC#N)C(=O)N2C(C(=O)O)=C(COC(C)=O)CS[C@@H]21. The van der Waals surface area contributed by atoms with Gasteiger partial charge in [-0.3, -0.25) is 14.5 Å². The highest BCUT2D eigenvalue weighted by Crippen LogP contribution is 2.52. The first-order valence-electron chi connectivity index (χ1n) is 6.49. The van der Waals surface area contributed by atoms with Crippen molar-refractivity contribution in [2.75, 3.05) is 25.2 Å². The molecule has 8 nitrogen and oxygen atoms in total. The number of nitrogens with zero attached hydrogens (tertiary/aromatic N) is 2. The number of hydrogen-bond donors (Lipinski definition) is 1. The van der Waals surface area contributed by atoms with Gasteiger partial charge in [-0.05, 0) is 0 Å². The Labute approximate surface area is 140 Å². The van der Waals surface area contributed by atoms with Gasteiger partial charge in [0.2, 0.25) is 4.93 Å². The molecule has 2 heterocycles. The summed E-state index contributed by atoms with van der Waals surface area (Å²) in [5.74, 6) is -1.96. The van der Waals surface area contributed by atoms with E-state index in [4.69, 9.17) is 14.7 Å². The fourth-order valence-corrected chi connectivity index (χ4v) is 5.00. The number of fused-ring (bicyclic) bond motifs is 1. The molecule has 0 saturated carbocycles. The number of carboxylic acids is 1. The lowest BCUT2D eigenvalue weighted by Crippen LogP contribution is -2.73. The smallest absolute Gasteiger partial charge is 0.352 e. The lowest BCUT2D eigenvalue weighted by molar-refractivity contribution is -0.167. The number of rotatable bonds is 6. The van der Waals surface area contributed by atoms with Crippen LogP contribution in [-0.4, -0.2) is 63.4 Å². The third-order valence-corrected chi connectivity index (χ3v) is 6.16. The van der Waals surface area contributed by atoms with Crippen LogP contribution in [0.25, 0.3) is 0 Å². The number of nitriles is 1. The van der Waals surface area contributed by atoms with Crippen molar-refractivity contribution in [1.29, 1.82) is 5.26 Å². The Morgan fingerprint density at radius 3 is 2.83 bits per heavy atom. The molecule has 1 fully saturated rings. The molecule has 2 rings (SSSR count). The van der Waals surface area contributed by atoms with Crippen molar-refractivity contribution >= 4 is 41.4 Å². The van der Waals surface area contributed by atoms with E-state index in [1.807, 2.05) is 6.07 Å². The van der Waals surface area contributed by atoms with Crippen molar-refractivity contribution in [2.24, 2.45) is 0 Å². The van der Waals surface area contributed by atoms with Crippen LogP contribution >= 0.6 is 23.5 Å². The van der Waals surface area contributed by atoms with Gasteiger partial charge >= 0.3 is 11.9 Å². The Morgan fingerprint density at radius 1 is 1.61 bits per heavy atom. The van der Waals surface area contributed by atoms with Gasteiger partial charge in [-0.2, -0.15) is 5.26 Å². The second-order valence-corrected chi connectivity index (χ2v) is 6.95. The molecule has 2 aliphatic rings. The molecule has 0 aromatic carbocycles. The monoisotopic (exact) mass is 358 g/mol. The molecule has 0 bridgehead atoms. The number of thioether (sulfide) groups is 2. The van der Waals surface area contributed by atoms with Crippen LogP contribution in [0.2, 0.25) is 0 Å². The second-order valence-electron chi connectivity index (χ2n) is 4.69. The van der Waals surface area contributed by atoms with Gasteiger partial charge in [-0.1, -0.05) is 11.8 Å². The Kier molecular flexibility index (Phi) is 5.23. The van der Waals surface area contributed by atoms with Crippen LogP contribution in [0, 0.1) is 11.3 Å². The van der Waals surface area contributed by atoms with E-state index in [1.165, 1.54) is 25.8 Å². The number of esters is 1. The van der Waals surface area contributed by atoms with E-state index >= 15 is 0 Å². The summed E-state index contributed by atoms with van der Waals surface area (Å²) < 4.78 is 10.2. The van der Waals surface area contributed by atoms with Crippen LogP contribution in [0.3, 0.4) is 0 Å². The molecule has 1 saturated heterocycles. The summed E-state index contributed by atoms with van der Waals surface area (Å²) in [5.41, 5.74) is 0.183. The van der Waals surface area contributed by atoms with Crippen molar-refractivity contribution < 1.29 is 29.0 Å². The minimum Gasteiger partial charge on any atom is -0.477 e. The van der Waals surface area contributed by atoms with Crippen molar-refractivity contribution in [2.45, 2.75) is 17.2 Å². The Morgan fingerprint density at radius 2 is 2.30 bits per heavy atom. The predicted molar refractivity (Wildman–Crippen MR) is 82.2 cm³/mol. The highest BCUT2D eigenvalue weighted by molar-refractivity contribution is 8.05. The maximum absolute atomic E-state index is 12.5. The summed E-state index contributed by atoms with van der Waals surface area (Å²) in [5, 5.41) is 17.6. The fourth-order valence-electron chi connectivity index (χ4n) is 2.38. The van der Waals surface area contributed by atoms with Gasteiger partial charge in [-0.15, -0.1) is 11.8 Å². The van der Waals surface area contributed by atoms with E-state index < -0.39 is 28.2 Å². The Hall–Kier alpha value is -1.70. The number of carboxylic acid groups (broad SMARTS) is 1. The summed E-state index contributed by atoms with van der Waals surface area (Å²) in [7, 11) is 1.36. The first-order chi connectivity index (χ1) is 10.9. The fraction of sp³-hybridized carbons (Fsp3) is 0.538. The van der Waals surface area contributed by atoms with E-state index in [0.717, 1.165) is 16.7 Å². The number of amides is 1. The molecule has 0 spiro atoms. The van der Waals surface area contributed by atoms with Crippen LogP contribution in [0.1, 0.15) is 6.92 Å². The summed E-state index contributed by atoms with van der Waals surface area (Å²) in [4.78, 5) is 34.9. The van der Waals surface area contributed by atoms with Gasteiger partial charge in [0.05, 0.1) is 11.8 Å². The number of hydrogen-bond acceptors (Lipinski definition) is 8. The Bertz CT molecular complexity index is 628. The summed E-state index contributed by atoms with van der Waals surface area (Å²) in [6.07, 6.45) is 0. The number of β-lactam (4-membered cyclic amide) rings is 1. The zero-order valence-electron chi connectivity index (χ0n) is 12.4. The standard InChI is InChI=1S/C13H14N2O6S2/c1-7(16)21-5-8-6-22-12-13(20-2,23-4-3-14)11(19)15(12)9(8)10(17)18/h12H,4-6H2,1-2H3,(H,17,18)/t12-,13-/m1/s1. The molecule has 0 unspecified atom stereocenters. The van der Waals surface area contributed by atoms with Crippen molar-refractivity contribution in [3.63, 3.8) is 0 Å². The zero-order valence-corrected chi connectivity index (χ0v) is 14.0. The number of aliphatic carboxylic acids is 1. The first-order valence-corrected chi connectivity index (χ1v) is 8.52. The Balaban J connectivity index is 2.31. The molecule has 2 atom stereocenters. The van der Waals surface area contributed by atoms with E-state index in [9.17, 15) is 19.5 Å². The second kappa shape index (κ2) is 6.82. The highest BCUT2D eigenvalue weighted by atomic mass is 32.2. The molecule has 0 aliphatic carbocycles. The van der Waals surface area contributed by atoms with Gasteiger partial charge < -0.3 is 14.6 Å². The minimum absolute atomic E-state index is 0.0525. The molecule has 1 N–H and O–H groups in total. The highest BCUT2D eigenvalue weighted by Gasteiger charge is 2.66.